The van der Waals surface area contributed by atoms with Crippen molar-refractivity contribution >= 4 is 58.4 Å². The van der Waals surface area contributed by atoms with Gasteiger partial charge < -0.3 is 43.8 Å². The Labute approximate surface area is 762 Å². The number of benzene rings is 3. The zero-order valence-corrected chi connectivity index (χ0v) is 78.6. The minimum atomic E-state index is -0.810. The molecule has 0 saturated carbocycles. The predicted molar refractivity (Wildman–Crippen MR) is 474 cm³/mol. The van der Waals surface area contributed by atoms with E-state index in [1.165, 1.54) is 43.3 Å². The minimum absolute atomic E-state index is 0.00615. The number of halogens is 9. The van der Waals surface area contributed by atoms with Crippen molar-refractivity contribution in [2.24, 2.45) is 24.8 Å². The largest absolute Gasteiger partial charge is 0.381 e. The highest BCUT2D eigenvalue weighted by atomic mass is 35.5. The number of fused-ring (bicyclic) bond motifs is 6. The Kier molecular flexibility index (Phi) is 26.4. The summed E-state index contributed by atoms with van der Waals surface area (Å²) in [5.41, 5.74) is 3.81. The fourth-order valence-corrected chi connectivity index (χ4v) is 21.9. The van der Waals surface area contributed by atoms with Crippen molar-refractivity contribution in [2.75, 3.05) is 91.8 Å². The Morgan fingerprint density at radius 1 is 0.484 bits per heavy atom. The van der Waals surface area contributed by atoms with Gasteiger partial charge in [0.25, 0.3) is 5.54 Å². The van der Waals surface area contributed by atoms with Crippen LogP contribution in [0.4, 0.5) is 26.3 Å². The molecule has 10 aliphatic heterocycles. The Morgan fingerprint density at radius 2 is 0.836 bits per heavy atom. The van der Waals surface area contributed by atoms with Crippen LogP contribution in [0.2, 0.25) is 15.1 Å². The molecule has 0 bridgehead atoms. The van der Waals surface area contributed by atoms with Gasteiger partial charge in [-0.1, -0.05) is 53.0 Å². The molecule has 3 spiro atoms. The molecule has 3 unspecified atom stereocenters. The Hall–Kier alpha value is -8.21. The molecule has 22 nitrogen and oxygen atoms in total. The first-order chi connectivity index (χ1) is 60.1. The van der Waals surface area contributed by atoms with Gasteiger partial charge in [0.15, 0.2) is 11.9 Å². The number of nitrogens with zero attached hydrogens (tertiary/aromatic N) is 13. The van der Waals surface area contributed by atoms with Gasteiger partial charge in [0.05, 0.1) is 84.0 Å². The number of aromatic nitrogens is 6. The zero-order chi connectivity index (χ0) is 92.4. The predicted octanol–water partition coefficient (Wildman–Crippen LogP) is 17.3. The summed E-state index contributed by atoms with van der Waals surface area (Å²) in [7, 11) is 1.84. The molecule has 4 aromatic heterocycles. The highest BCUT2D eigenvalue weighted by Gasteiger charge is 2.60. The summed E-state index contributed by atoms with van der Waals surface area (Å²) in [6.07, 6.45) is 5.36. The van der Waals surface area contributed by atoms with Crippen LogP contribution in [0.3, 0.4) is 0 Å². The normalized spacial score (nSPS) is 24.8. The summed E-state index contributed by atoms with van der Waals surface area (Å²) in [4.78, 5) is 89.9. The molecule has 1 N–H and O–H groups in total. The minimum Gasteiger partial charge on any atom is -0.381 e. The standard InChI is InChI=1S/C33H41ClF2N6O2.C32H37ClF2N4O3.C32H41ClF2N4O3/c1-19-25(34)15-22-27(38-19)33(44-28(22)32(5,6)30-37-18-40(7)39-30)10-12-41(13-11-33)29(43)24-17-42(31(2,3)4)16-23(24)21-9-8-20(35)14-26(21)36;1-19-26(33)16-23-28(37-19)32(42-29(23)31(2,3)36-4)9-11-38(12-10-32)30(40)25-18-39(21-7-13-41-14-8-21)17-24(25)22-6-5-20(34)15-27(22)35;1-18-25(33)15-22-27(36-18)32(42-28(22)31(6,7)37-19(2)40)10-12-38(13-11-32)29(41)24-17-39(30(3,4)5)16-23(24)21-9-8-20(34)14-26(21)35/h8-9,14-15,18,23-24,28H,10-13,16-17H2,1-7H3;5-6,15-16,21,24-25,29H,7-14,17-18H2,1-3H3;8-9,14-15,23-24,28H,10-13,16-17H2,1-7H3,(H,37,40)/t23-,24+,28?;24-,25+,29?;23-,24+,28?/m000/s1. The maximum absolute atomic E-state index is 15.1. The molecular weight excluding hydrogens is 1710 g/mol. The highest BCUT2D eigenvalue weighted by Crippen LogP contribution is 2.59. The van der Waals surface area contributed by atoms with Crippen molar-refractivity contribution in [3.63, 3.8) is 0 Å². The van der Waals surface area contributed by atoms with Gasteiger partial charge in [-0.05, 0) is 194 Å². The van der Waals surface area contributed by atoms with E-state index >= 15 is 8.78 Å². The summed E-state index contributed by atoms with van der Waals surface area (Å²) in [6.45, 7) is 46.3. The van der Waals surface area contributed by atoms with Crippen LogP contribution in [0.1, 0.15) is 251 Å². The van der Waals surface area contributed by atoms with E-state index in [1.807, 2.05) is 88.4 Å². The second-order valence-corrected chi connectivity index (χ2v) is 41.9. The lowest BCUT2D eigenvalue weighted by Crippen LogP contribution is -2.50. The van der Waals surface area contributed by atoms with Crippen molar-refractivity contribution < 1.29 is 64.5 Å². The number of amides is 4. The monoisotopic (exact) mass is 1830 g/mol. The lowest BCUT2D eigenvalue weighted by atomic mass is 9.81. The summed E-state index contributed by atoms with van der Waals surface area (Å²) in [5, 5.41) is 9.25. The maximum Gasteiger partial charge on any atom is 0.256 e. The number of pyridine rings is 3. The van der Waals surface area contributed by atoms with Crippen molar-refractivity contribution in [3.05, 3.63) is 214 Å². The molecule has 4 amide bonds. The second-order valence-electron chi connectivity index (χ2n) is 40.7. The molecule has 0 aliphatic carbocycles. The number of hydrogen-bond acceptors (Lipinski definition) is 16. The van der Waals surface area contributed by atoms with Crippen LogP contribution in [-0.4, -0.2) is 203 Å². The molecule has 3 aromatic carbocycles. The van der Waals surface area contributed by atoms with E-state index in [-0.39, 0.29) is 64.6 Å². The van der Waals surface area contributed by atoms with Crippen LogP contribution in [0.5, 0.6) is 0 Å². The van der Waals surface area contributed by atoms with Gasteiger partial charge in [0.1, 0.15) is 64.1 Å². The zero-order valence-electron chi connectivity index (χ0n) is 76.3. The van der Waals surface area contributed by atoms with Crippen molar-refractivity contribution in [1.82, 2.24) is 64.4 Å². The smallest absolute Gasteiger partial charge is 0.256 e. The summed E-state index contributed by atoms with van der Waals surface area (Å²) < 4.78 is 114. The Balaban J connectivity index is 0.000000148. The molecule has 688 valence electrons. The van der Waals surface area contributed by atoms with Gasteiger partial charge in [-0.2, -0.15) is 5.10 Å². The molecule has 14 heterocycles. The van der Waals surface area contributed by atoms with E-state index in [0.29, 0.717) is 179 Å². The number of rotatable bonds is 12. The fraction of sp³-hybridized carbons (Fsp3) is 0.588. The lowest BCUT2D eigenvalue weighted by Gasteiger charge is -2.42. The number of hydrogen-bond donors (Lipinski definition) is 1. The third-order valence-electron chi connectivity index (χ3n) is 28.9. The van der Waals surface area contributed by atoms with Crippen molar-refractivity contribution in [1.29, 1.82) is 0 Å². The fourth-order valence-electron chi connectivity index (χ4n) is 21.5. The molecule has 7 saturated heterocycles. The van der Waals surface area contributed by atoms with E-state index < -0.39 is 98.2 Å². The van der Waals surface area contributed by atoms with Gasteiger partial charge in [0.2, 0.25) is 23.6 Å². The lowest BCUT2D eigenvalue weighted by molar-refractivity contribution is -0.154. The van der Waals surface area contributed by atoms with Crippen LogP contribution in [0.25, 0.3) is 4.85 Å². The Bertz CT molecular complexity index is 5450. The number of piperidine rings is 3. The van der Waals surface area contributed by atoms with Crippen LogP contribution in [0, 0.1) is 80.0 Å². The van der Waals surface area contributed by atoms with Crippen LogP contribution in [-0.2, 0) is 67.4 Å². The van der Waals surface area contributed by atoms with Crippen molar-refractivity contribution in [3.8, 4) is 0 Å². The van der Waals surface area contributed by atoms with Gasteiger partial charge in [-0.3, -0.25) is 53.5 Å². The van der Waals surface area contributed by atoms with Gasteiger partial charge >= 0.3 is 0 Å². The van der Waals surface area contributed by atoms with E-state index in [2.05, 4.69) is 90.3 Å². The van der Waals surface area contributed by atoms with Gasteiger partial charge in [0, 0.05) is 189 Å². The topological polar surface area (TPSA) is 210 Å². The van der Waals surface area contributed by atoms with Crippen LogP contribution in [0.15, 0.2) is 79.1 Å². The third-order valence-corrected chi connectivity index (χ3v) is 30.1. The first-order valence-corrected chi connectivity index (χ1v) is 45.9. The molecule has 10 aliphatic rings. The molecule has 9 atom stereocenters. The average molecular weight is 1830 g/mol. The summed E-state index contributed by atoms with van der Waals surface area (Å²) in [6, 6.07) is 17.0. The number of aryl methyl sites for hydroxylation is 4. The third kappa shape index (κ3) is 18.2. The molecule has 0 radical (unpaired) electrons. The maximum atomic E-state index is 15.1. The quantitative estimate of drug-likeness (QED) is 0.0890. The summed E-state index contributed by atoms with van der Waals surface area (Å²) in [5.74, 6) is -5.70. The molecule has 31 heteroatoms. The first-order valence-electron chi connectivity index (χ1n) is 44.8. The SMILES string of the molecule is CC(=O)NC(C)(C)C1OC2(CCN(C(=O)[C@@H]3CN(C(C)(C)C)C[C@H]3c3ccc(F)cc3F)CC2)c2nc(C)c(Cl)cc21.Cc1nc2c(cc1Cl)C(C(C)(C)c1ncn(C)n1)OC21CCN(C(=O)[C@@H]2CN(C(C)(C)C)C[C@H]2c2ccc(F)cc2F)CC1.[C-]#[N+]C(C)(C)C1OC2(CCN(C(=O)[C@@H]3CN(C4CCOCC4)C[C@H]3c3ccc(F)cc3F)CC2)c2nc(C)c(Cl)cc21. The number of nitrogens with one attached hydrogen (secondary N) is 1. The van der Waals surface area contributed by atoms with E-state index in [9.17, 15) is 36.7 Å². The average Bonchev–Trinajstić information content (AvgIpc) is 1.57. The molecular formula is C97H119Cl3F6N14O8. The number of carbonyl (C=O) groups excluding carboxylic acids is 4. The number of carbonyl (C=O) groups is 4. The number of ether oxygens (including phenoxy) is 4. The highest BCUT2D eigenvalue weighted by molar-refractivity contribution is 6.32. The Morgan fingerprint density at radius 3 is 1.19 bits per heavy atom. The molecule has 17 rings (SSSR count). The second kappa shape index (κ2) is 35.7. The first kappa shape index (κ1) is 94.4. The van der Waals surface area contributed by atoms with E-state index in [4.69, 9.17) is 75.3 Å². The molecule has 7 aromatic rings. The van der Waals surface area contributed by atoms with Crippen molar-refractivity contribution in [2.45, 2.75) is 249 Å². The molecule has 7 fully saturated rings. The van der Waals surface area contributed by atoms with Gasteiger partial charge in [-0.15, -0.1) is 0 Å². The van der Waals surface area contributed by atoms with Gasteiger partial charge in [-0.25, -0.2) is 37.9 Å². The van der Waals surface area contributed by atoms with E-state index in [1.54, 1.807) is 11.0 Å². The summed E-state index contributed by atoms with van der Waals surface area (Å²) >= 11 is 19.5. The van der Waals surface area contributed by atoms with E-state index in [0.717, 1.165) is 70.5 Å². The number of likely N-dealkylation sites (tertiary alicyclic amines) is 6. The van der Waals surface area contributed by atoms with Crippen LogP contribution < -0.4 is 5.32 Å². The molecule has 128 heavy (non-hydrogen) atoms. The van der Waals surface area contributed by atoms with Crippen LogP contribution >= 0.6 is 34.8 Å².